The number of nitrogens with zero attached hydrogens (tertiary/aromatic N) is 6. The van der Waals surface area contributed by atoms with Crippen molar-refractivity contribution in [2.45, 2.75) is 0 Å². The molecule has 0 spiro atoms. The van der Waals surface area contributed by atoms with E-state index in [1.807, 2.05) is 7.05 Å². The van der Waals surface area contributed by atoms with E-state index in [0.717, 1.165) is 4.68 Å². The number of hydrogen-bond acceptors (Lipinski definition) is 5. The van der Waals surface area contributed by atoms with Gasteiger partial charge in [-0.1, -0.05) is 0 Å². The van der Waals surface area contributed by atoms with E-state index in [0.29, 0.717) is 6.67 Å². The molecule has 0 atom stereocenters. The minimum atomic E-state index is -0.307. The predicted octanol–water partition coefficient (Wildman–Crippen LogP) is -0.606. The Labute approximate surface area is 74.3 Å². The van der Waals surface area contributed by atoms with Crippen molar-refractivity contribution in [3.8, 4) is 0 Å². The Morgan fingerprint density at radius 3 is 2.92 bits per heavy atom. The molecular formula is C6H8N6O. The Balaban J connectivity index is 2.11. The molecule has 0 radical (unpaired) electrons. The zero-order chi connectivity index (χ0) is 9.26. The lowest BCUT2D eigenvalue weighted by molar-refractivity contribution is 0.192. The molecule has 7 heteroatoms. The van der Waals surface area contributed by atoms with Crippen LogP contribution in [0.3, 0.4) is 0 Å². The van der Waals surface area contributed by atoms with E-state index >= 15 is 0 Å². The average molecular weight is 180 g/mol. The Morgan fingerprint density at radius 1 is 1.54 bits per heavy atom. The van der Waals surface area contributed by atoms with Gasteiger partial charge in [-0.15, -0.1) is 0 Å². The molecule has 0 unspecified atom stereocenters. The van der Waals surface area contributed by atoms with Crippen LogP contribution in [0.15, 0.2) is 17.8 Å². The molecule has 1 aliphatic heterocycles. The van der Waals surface area contributed by atoms with Crippen LogP contribution < -0.4 is 0 Å². The maximum atomic E-state index is 11.5. The van der Waals surface area contributed by atoms with Crippen molar-refractivity contribution in [2.24, 2.45) is 5.10 Å². The highest BCUT2D eigenvalue weighted by Crippen LogP contribution is 2.01. The van der Waals surface area contributed by atoms with E-state index in [9.17, 15) is 4.79 Å². The normalized spacial score (nSPS) is 15.5. The van der Waals surface area contributed by atoms with Gasteiger partial charge in [0.1, 0.15) is 25.7 Å². The van der Waals surface area contributed by atoms with Gasteiger partial charge in [0.25, 0.3) is 0 Å². The summed E-state index contributed by atoms with van der Waals surface area (Å²) in [5.41, 5.74) is 0. The molecule has 1 aromatic heterocycles. The average Bonchev–Trinajstić information content (AvgIpc) is 2.72. The summed E-state index contributed by atoms with van der Waals surface area (Å²) in [5, 5.41) is 8.88. The second-order valence-corrected chi connectivity index (χ2v) is 2.65. The Hall–Kier alpha value is -1.92. The van der Waals surface area contributed by atoms with E-state index in [1.165, 1.54) is 17.7 Å². The highest BCUT2D eigenvalue weighted by molar-refractivity contribution is 5.77. The fraction of sp³-hybridized carbons (Fsp3) is 0.333. The smallest absolute Gasteiger partial charge is 0.345 e. The Kier molecular flexibility index (Phi) is 1.69. The van der Waals surface area contributed by atoms with Crippen LogP contribution in [-0.2, 0) is 0 Å². The first kappa shape index (κ1) is 7.71. The van der Waals surface area contributed by atoms with Crippen LogP contribution in [0.5, 0.6) is 0 Å². The number of carbonyl (C=O) groups is 1. The summed E-state index contributed by atoms with van der Waals surface area (Å²) in [6, 6.07) is -0.307. The van der Waals surface area contributed by atoms with E-state index in [-0.39, 0.29) is 6.03 Å². The number of aromatic nitrogens is 3. The number of rotatable bonds is 0. The van der Waals surface area contributed by atoms with Gasteiger partial charge in [0.15, 0.2) is 0 Å². The van der Waals surface area contributed by atoms with Crippen LogP contribution in [-0.4, -0.2) is 50.8 Å². The SMILES string of the molecule is CN1C=NN(C(=O)n2cncn2)C1. The fourth-order valence-corrected chi connectivity index (χ4v) is 0.970. The first-order chi connectivity index (χ1) is 6.27. The molecule has 1 aliphatic rings. The molecule has 0 N–H and O–H groups in total. The van der Waals surface area contributed by atoms with E-state index in [1.54, 1.807) is 11.2 Å². The van der Waals surface area contributed by atoms with Crippen molar-refractivity contribution in [3.63, 3.8) is 0 Å². The third-order valence-electron chi connectivity index (χ3n) is 1.58. The topological polar surface area (TPSA) is 66.6 Å². The second kappa shape index (κ2) is 2.85. The number of carbonyl (C=O) groups excluding carboxylic acids is 1. The van der Waals surface area contributed by atoms with Crippen LogP contribution in [0.2, 0.25) is 0 Å². The molecule has 1 aromatic rings. The van der Waals surface area contributed by atoms with Gasteiger partial charge in [-0.25, -0.2) is 9.78 Å². The van der Waals surface area contributed by atoms with E-state index in [4.69, 9.17) is 0 Å². The predicted molar refractivity (Wildman–Crippen MR) is 43.8 cm³/mol. The van der Waals surface area contributed by atoms with Gasteiger partial charge in [0.05, 0.1) is 0 Å². The van der Waals surface area contributed by atoms with Gasteiger partial charge >= 0.3 is 6.03 Å². The third kappa shape index (κ3) is 1.35. The molecule has 0 aromatic carbocycles. The molecule has 2 rings (SSSR count). The summed E-state index contributed by atoms with van der Waals surface area (Å²) in [7, 11) is 1.83. The van der Waals surface area contributed by atoms with Gasteiger partial charge in [-0.05, 0) is 0 Å². The summed E-state index contributed by atoms with van der Waals surface area (Å²) >= 11 is 0. The second-order valence-electron chi connectivity index (χ2n) is 2.65. The lowest BCUT2D eigenvalue weighted by Crippen LogP contribution is -2.32. The summed E-state index contributed by atoms with van der Waals surface area (Å²) in [5.74, 6) is 0. The summed E-state index contributed by atoms with van der Waals surface area (Å²) in [4.78, 5) is 17.0. The van der Waals surface area contributed by atoms with Crippen molar-refractivity contribution in [3.05, 3.63) is 12.7 Å². The van der Waals surface area contributed by atoms with Gasteiger partial charge in [-0.2, -0.15) is 19.9 Å². The van der Waals surface area contributed by atoms with Crippen molar-refractivity contribution in [1.82, 2.24) is 24.7 Å². The highest BCUT2D eigenvalue weighted by Gasteiger charge is 2.19. The third-order valence-corrected chi connectivity index (χ3v) is 1.58. The molecule has 0 saturated carbocycles. The van der Waals surface area contributed by atoms with Crippen molar-refractivity contribution in [2.75, 3.05) is 13.7 Å². The monoisotopic (exact) mass is 180 g/mol. The lowest BCUT2D eigenvalue weighted by Gasteiger charge is -2.12. The van der Waals surface area contributed by atoms with Crippen molar-refractivity contribution in [1.29, 1.82) is 0 Å². The molecule has 0 fully saturated rings. The highest BCUT2D eigenvalue weighted by atomic mass is 16.2. The Morgan fingerprint density at radius 2 is 2.38 bits per heavy atom. The molecule has 0 aliphatic carbocycles. The molecule has 13 heavy (non-hydrogen) atoms. The summed E-state index contributed by atoms with van der Waals surface area (Å²) in [6.07, 6.45) is 4.23. The van der Waals surface area contributed by atoms with Gasteiger partial charge < -0.3 is 4.90 Å². The number of amides is 1. The maximum Gasteiger partial charge on any atom is 0.368 e. The zero-order valence-corrected chi connectivity index (χ0v) is 7.03. The summed E-state index contributed by atoms with van der Waals surface area (Å²) in [6.45, 7) is 0.443. The zero-order valence-electron chi connectivity index (χ0n) is 7.03. The molecule has 68 valence electrons. The number of hydrogen-bond donors (Lipinski definition) is 0. The minimum absolute atomic E-state index is 0.307. The fourth-order valence-electron chi connectivity index (χ4n) is 0.970. The van der Waals surface area contributed by atoms with Gasteiger partial charge in [0, 0.05) is 7.05 Å². The van der Waals surface area contributed by atoms with E-state index in [2.05, 4.69) is 15.2 Å². The van der Waals surface area contributed by atoms with E-state index < -0.39 is 0 Å². The Bertz CT molecular complexity index is 331. The van der Waals surface area contributed by atoms with Crippen molar-refractivity contribution >= 4 is 12.4 Å². The van der Waals surface area contributed by atoms with Crippen LogP contribution in [0.25, 0.3) is 0 Å². The van der Waals surface area contributed by atoms with Gasteiger partial charge in [0.2, 0.25) is 0 Å². The standard InChI is InChI=1S/C6H8N6O/c1-10-4-9-12(5-10)6(13)11-3-7-2-8-11/h2-4H,5H2,1H3. The van der Waals surface area contributed by atoms with Crippen LogP contribution >= 0.6 is 0 Å². The molecule has 1 amide bonds. The van der Waals surface area contributed by atoms with Crippen molar-refractivity contribution < 1.29 is 4.79 Å². The molecule has 2 heterocycles. The minimum Gasteiger partial charge on any atom is -0.345 e. The summed E-state index contributed by atoms with van der Waals surface area (Å²) < 4.78 is 1.14. The molecule has 7 nitrogen and oxygen atoms in total. The van der Waals surface area contributed by atoms with Crippen LogP contribution in [0.1, 0.15) is 0 Å². The first-order valence-electron chi connectivity index (χ1n) is 3.68. The maximum absolute atomic E-state index is 11.5. The molecule has 0 bridgehead atoms. The first-order valence-corrected chi connectivity index (χ1v) is 3.68. The van der Waals surface area contributed by atoms with Gasteiger partial charge in [-0.3, -0.25) is 0 Å². The quantitative estimate of drug-likeness (QED) is 0.534. The van der Waals surface area contributed by atoms with Crippen LogP contribution in [0.4, 0.5) is 4.79 Å². The lowest BCUT2D eigenvalue weighted by atomic mass is 10.8. The molecular weight excluding hydrogens is 172 g/mol. The molecule has 0 saturated heterocycles. The van der Waals surface area contributed by atoms with Crippen LogP contribution in [0, 0.1) is 0 Å². The largest absolute Gasteiger partial charge is 0.368 e. The number of hydrazone groups is 1.